The third-order valence-electron chi connectivity index (χ3n) is 3.26. The molecule has 1 amide bonds. The summed E-state index contributed by atoms with van der Waals surface area (Å²) in [5, 5.41) is 2.95. The van der Waals surface area contributed by atoms with Gasteiger partial charge in [0.1, 0.15) is 0 Å². The van der Waals surface area contributed by atoms with E-state index in [2.05, 4.69) is 26.1 Å². The lowest BCUT2D eigenvalue weighted by Crippen LogP contribution is -2.48. The van der Waals surface area contributed by atoms with Crippen LogP contribution in [0.25, 0.3) is 0 Å². The van der Waals surface area contributed by atoms with Gasteiger partial charge in [-0.2, -0.15) is 0 Å². The molecule has 0 radical (unpaired) electrons. The van der Waals surface area contributed by atoms with Gasteiger partial charge in [-0.25, -0.2) is 0 Å². The van der Waals surface area contributed by atoms with Crippen LogP contribution in [0.2, 0.25) is 0 Å². The summed E-state index contributed by atoms with van der Waals surface area (Å²) < 4.78 is 6.58. The quantitative estimate of drug-likeness (QED) is 0.919. The van der Waals surface area contributed by atoms with Crippen LogP contribution in [-0.4, -0.2) is 42.6 Å². The van der Waals surface area contributed by atoms with E-state index in [4.69, 9.17) is 4.74 Å². The molecule has 5 heteroatoms. The van der Waals surface area contributed by atoms with Crippen molar-refractivity contribution in [3.8, 4) is 0 Å². The zero-order valence-electron chi connectivity index (χ0n) is 12.1. The van der Waals surface area contributed by atoms with Gasteiger partial charge in [-0.3, -0.25) is 9.69 Å². The van der Waals surface area contributed by atoms with Gasteiger partial charge < -0.3 is 10.1 Å². The van der Waals surface area contributed by atoms with Crippen molar-refractivity contribution in [3.05, 3.63) is 28.2 Å². The summed E-state index contributed by atoms with van der Waals surface area (Å²) in [7, 11) is 0. The van der Waals surface area contributed by atoms with Crippen molar-refractivity contribution in [2.75, 3.05) is 25.0 Å². The molecule has 4 nitrogen and oxygen atoms in total. The number of nitrogens with zero attached hydrogens (tertiary/aromatic N) is 1. The number of hydrogen-bond acceptors (Lipinski definition) is 3. The molecular weight excluding hydrogens is 320 g/mol. The molecule has 1 saturated heterocycles. The third kappa shape index (κ3) is 4.30. The fourth-order valence-electron chi connectivity index (χ4n) is 2.53. The number of morpholine rings is 1. The molecule has 1 N–H and O–H groups in total. The van der Waals surface area contributed by atoms with Crippen LogP contribution < -0.4 is 5.32 Å². The number of carbonyl (C=O) groups is 1. The third-order valence-corrected chi connectivity index (χ3v) is 3.92. The normalized spacial score (nSPS) is 23.6. The number of halogens is 1. The molecule has 1 heterocycles. The van der Waals surface area contributed by atoms with Crippen molar-refractivity contribution in [1.82, 2.24) is 4.90 Å². The zero-order valence-corrected chi connectivity index (χ0v) is 13.7. The summed E-state index contributed by atoms with van der Waals surface area (Å²) in [5.41, 5.74) is 1.97. The number of aryl methyl sites for hydroxylation is 1. The minimum atomic E-state index is 0.0100. The molecule has 0 unspecified atom stereocenters. The molecule has 20 heavy (non-hydrogen) atoms. The van der Waals surface area contributed by atoms with Gasteiger partial charge in [0.25, 0.3) is 0 Å². The second-order valence-corrected chi connectivity index (χ2v) is 6.34. The SMILES string of the molecule is Cc1ccc(NC(=O)CN2C[C@@H](C)O[C@H](C)C2)c(Br)c1. The summed E-state index contributed by atoms with van der Waals surface area (Å²) in [6.45, 7) is 8.10. The van der Waals surface area contributed by atoms with Crippen LogP contribution in [0.3, 0.4) is 0 Å². The van der Waals surface area contributed by atoms with Crippen molar-refractivity contribution >= 4 is 27.5 Å². The summed E-state index contributed by atoms with van der Waals surface area (Å²) in [5.74, 6) is 0.0100. The van der Waals surface area contributed by atoms with Crippen LogP contribution in [0.15, 0.2) is 22.7 Å². The summed E-state index contributed by atoms with van der Waals surface area (Å²) in [6.07, 6.45) is 0.357. The average Bonchev–Trinajstić information content (AvgIpc) is 2.31. The van der Waals surface area contributed by atoms with E-state index in [-0.39, 0.29) is 18.1 Å². The van der Waals surface area contributed by atoms with Gasteiger partial charge in [0, 0.05) is 17.6 Å². The fourth-order valence-corrected chi connectivity index (χ4v) is 3.12. The molecular formula is C15H21BrN2O2. The Labute approximate surface area is 128 Å². The van der Waals surface area contributed by atoms with Crippen molar-refractivity contribution in [1.29, 1.82) is 0 Å². The topological polar surface area (TPSA) is 41.6 Å². The molecule has 1 aromatic rings. The van der Waals surface area contributed by atoms with E-state index in [0.717, 1.165) is 28.8 Å². The first-order chi connectivity index (χ1) is 9.44. The number of hydrogen-bond donors (Lipinski definition) is 1. The summed E-state index contributed by atoms with van der Waals surface area (Å²) in [6, 6.07) is 5.90. The number of benzene rings is 1. The van der Waals surface area contributed by atoms with Gasteiger partial charge in [0.2, 0.25) is 5.91 Å². The second kappa shape index (κ2) is 6.70. The van der Waals surface area contributed by atoms with E-state index in [1.807, 2.05) is 39.0 Å². The number of nitrogens with one attached hydrogen (secondary N) is 1. The second-order valence-electron chi connectivity index (χ2n) is 5.48. The van der Waals surface area contributed by atoms with Gasteiger partial charge in [-0.05, 0) is 54.4 Å². The molecule has 110 valence electrons. The van der Waals surface area contributed by atoms with Crippen LogP contribution in [0.4, 0.5) is 5.69 Å². The van der Waals surface area contributed by atoms with E-state index in [1.165, 1.54) is 0 Å². The maximum atomic E-state index is 12.1. The lowest BCUT2D eigenvalue weighted by atomic mass is 10.2. The Morgan fingerprint density at radius 3 is 2.65 bits per heavy atom. The smallest absolute Gasteiger partial charge is 0.238 e. The largest absolute Gasteiger partial charge is 0.373 e. The number of rotatable bonds is 3. The minimum absolute atomic E-state index is 0.0100. The standard InChI is InChI=1S/C15H21BrN2O2/c1-10-4-5-14(13(16)6-10)17-15(19)9-18-7-11(2)20-12(3)8-18/h4-6,11-12H,7-9H2,1-3H3,(H,17,19)/t11-,12-/m1/s1. The molecule has 1 aromatic carbocycles. The molecule has 0 bridgehead atoms. The number of amides is 1. The van der Waals surface area contributed by atoms with E-state index in [9.17, 15) is 4.79 Å². The monoisotopic (exact) mass is 340 g/mol. The van der Waals surface area contributed by atoms with Crippen LogP contribution >= 0.6 is 15.9 Å². The molecule has 0 aliphatic carbocycles. The van der Waals surface area contributed by atoms with Gasteiger partial charge >= 0.3 is 0 Å². The highest BCUT2D eigenvalue weighted by atomic mass is 79.9. The Morgan fingerprint density at radius 1 is 1.40 bits per heavy atom. The number of ether oxygens (including phenoxy) is 1. The minimum Gasteiger partial charge on any atom is -0.373 e. The predicted octanol–water partition coefficient (Wildman–Crippen LogP) is 2.81. The fraction of sp³-hybridized carbons (Fsp3) is 0.533. The molecule has 1 aliphatic rings. The lowest BCUT2D eigenvalue weighted by molar-refractivity contribution is -0.121. The highest BCUT2D eigenvalue weighted by Crippen LogP contribution is 2.23. The van der Waals surface area contributed by atoms with Crippen LogP contribution in [0, 0.1) is 6.92 Å². The Kier molecular flexibility index (Phi) is 5.18. The molecule has 0 aromatic heterocycles. The Hall–Kier alpha value is -0.910. The Bertz CT molecular complexity index is 483. The molecule has 2 rings (SSSR count). The van der Waals surface area contributed by atoms with Crippen LogP contribution in [0.5, 0.6) is 0 Å². The molecule has 2 atom stereocenters. The average molecular weight is 341 g/mol. The number of carbonyl (C=O) groups excluding carboxylic acids is 1. The number of anilines is 1. The Morgan fingerprint density at radius 2 is 2.05 bits per heavy atom. The molecule has 0 saturated carbocycles. The first-order valence-electron chi connectivity index (χ1n) is 6.88. The summed E-state index contributed by atoms with van der Waals surface area (Å²) >= 11 is 3.47. The first-order valence-corrected chi connectivity index (χ1v) is 7.67. The van der Waals surface area contributed by atoms with Gasteiger partial charge in [-0.1, -0.05) is 6.07 Å². The van der Waals surface area contributed by atoms with Crippen molar-refractivity contribution in [2.24, 2.45) is 0 Å². The van der Waals surface area contributed by atoms with E-state index in [1.54, 1.807) is 0 Å². The van der Waals surface area contributed by atoms with Crippen molar-refractivity contribution < 1.29 is 9.53 Å². The van der Waals surface area contributed by atoms with Gasteiger partial charge in [-0.15, -0.1) is 0 Å². The lowest BCUT2D eigenvalue weighted by Gasteiger charge is -2.34. The maximum absolute atomic E-state index is 12.1. The molecule has 1 aliphatic heterocycles. The van der Waals surface area contributed by atoms with Crippen LogP contribution in [-0.2, 0) is 9.53 Å². The van der Waals surface area contributed by atoms with Crippen molar-refractivity contribution in [3.63, 3.8) is 0 Å². The highest BCUT2D eigenvalue weighted by molar-refractivity contribution is 9.10. The van der Waals surface area contributed by atoms with E-state index >= 15 is 0 Å². The maximum Gasteiger partial charge on any atom is 0.238 e. The van der Waals surface area contributed by atoms with E-state index in [0.29, 0.717) is 6.54 Å². The highest BCUT2D eigenvalue weighted by Gasteiger charge is 2.23. The van der Waals surface area contributed by atoms with E-state index < -0.39 is 0 Å². The van der Waals surface area contributed by atoms with Crippen LogP contribution in [0.1, 0.15) is 19.4 Å². The predicted molar refractivity (Wildman–Crippen MR) is 84.0 cm³/mol. The van der Waals surface area contributed by atoms with Gasteiger partial charge in [0.05, 0.1) is 24.4 Å². The molecule has 0 spiro atoms. The Balaban J connectivity index is 1.92. The van der Waals surface area contributed by atoms with Crippen molar-refractivity contribution in [2.45, 2.75) is 33.0 Å². The first kappa shape index (κ1) is 15.5. The summed E-state index contributed by atoms with van der Waals surface area (Å²) in [4.78, 5) is 14.3. The zero-order chi connectivity index (χ0) is 14.7. The molecule has 1 fully saturated rings. The van der Waals surface area contributed by atoms with Gasteiger partial charge in [0.15, 0.2) is 0 Å².